The Labute approximate surface area is 119 Å². The Morgan fingerprint density at radius 3 is 2.89 bits per heavy atom. The van der Waals surface area contributed by atoms with E-state index in [1.165, 1.54) is 0 Å². The number of nitrogens with two attached hydrogens (primary N) is 1. The topological polar surface area (TPSA) is 64.7 Å². The van der Waals surface area contributed by atoms with Crippen molar-refractivity contribution in [2.75, 3.05) is 19.8 Å². The van der Waals surface area contributed by atoms with Crippen molar-refractivity contribution in [3.05, 3.63) is 22.2 Å². The van der Waals surface area contributed by atoms with Crippen LogP contribution in [-0.4, -0.2) is 32.0 Å². The van der Waals surface area contributed by atoms with Crippen molar-refractivity contribution in [1.29, 1.82) is 0 Å². The predicted molar refractivity (Wildman–Crippen MR) is 73.3 cm³/mol. The van der Waals surface area contributed by atoms with Gasteiger partial charge in [-0.05, 0) is 17.7 Å². The average molecular weight is 340 g/mol. The summed E-state index contributed by atoms with van der Waals surface area (Å²) in [5.74, 6) is 0.435. The summed E-state index contributed by atoms with van der Waals surface area (Å²) in [4.78, 5) is 0. The summed E-state index contributed by atoms with van der Waals surface area (Å²) in [6.45, 7) is -0.370. The fourth-order valence-electron chi connectivity index (χ4n) is 1.91. The van der Waals surface area contributed by atoms with Crippen LogP contribution < -0.4 is 15.9 Å². The molecule has 0 amide bonds. The minimum atomic E-state index is -1.08. The second-order valence-electron chi connectivity index (χ2n) is 3.62. The highest BCUT2D eigenvalue weighted by molar-refractivity contribution is 9.10. The normalized spacial score (nSPS) is 17.3. The maximum absolute atomic E-state index is 12.1. The number of alkyl halides is 1. The lowest BCUT2D eigenvalue weighted by molar-refractivity contribution is 0.197. The molecule has 1 aromatic rings. The molecule has 0 fully saturated rings. The van der Waals surface area contributed by atoms with Crippen molar-refractivity contribution in [2.45, 2.75) is 6.10 Å². The van der Waals surface area contributed by atoms with Gasteiger partial charge < -0.3 is 20.1 Å². The summed E-state index contributed by atoms with van der Waals surface area (Å²) in [5, 5.41) is 9.82. The third-order valence-electron chi connectivity index (χ3n) is 2.60. The van der Waals surface area contributed by atoms with Crippen molar-refractivity contribution >= 4 is 40.9 Å². The molecule has 0 radical (unpaired) electrons. The van der Waals surface area contributed by atoms with Gasteiger partial charge in [0.05, 0.1) is 6.10 Å². The second-order valence-corrected chi connectivity index (χ2v) is 4.48. The Hall–Kier alpha value is -0.335. The van der Waals surface area contributed by atoms with Crippen LogP contribution in [0.25, 0.3) is 0 Å². The molecule has 2 rings (SSSR count). The van der Waals surface area contributed by atoms with Gasteiger partial charge >= 0.3 is 7.12 Å². The van der Waals surface area contributed by atoms with E-state index in [9.17, 15) is 9.41 Å². The number of halogens is 3. The molecule has 0 saturated heterocycles. The molecular weight excluding hydrogens is 327 g/mol. The number of hydrogen-bond acceptors (Lipinski definition) is 4. The molecule has 0 spiro atoms. The van der Waals surface area contributed by atoms with E-state index in [4.69, 9.17) is 15.1 Å². The lowest BCUT2D eigenvalue weighted by Gasteiger charge is -2.12. The van der Waals surface area contributed by atoms with E-state index in [1.807, 2.05) is 0 Å². The van der Waals surface area contributed by atoms with E-state index in [1.54, 1.807) is 12.1 Å². The number of benzene rings is 1. The highest BCUT2D eigenvalue weighted by Crippen LogP contribution is 2.33. The van der Waals surface area contributed by atoms with Gasteiger partial charge in [0.15, 0.2) is 0 Å². The molecule has 8 heteroatoms. The summed E-state index contributed by atoms with van der Waals surface area (Å²) in [7, 11) is -1.08. The Morgan fingerprint density at radius 2 is 2.28 bits per heavy atom. The maximum atomic E-state index is 12.1. The number of rotatable bonds is 4. The highest BCUT2D eigenvalue weighted by Gasteiger charge is 2.38. The molecule has 0 bridgehead atoms. The molecule has 1 unspecified atom stereocenters. The highest BCUT2D eigenvalue weighted by atomic mass is 79.9. The summed E-state index contributed by atoms with van der Waals surface area (Å²) >= 11 is 3.38. The Kier molecular flexibility index (Phi) is 5.87. The molecule has 1 aromatic carbocycles. The molecule has 100 valence electrons. The van der Waals surface area contributed by atoms with Crippen LogP contribution in [0, 0.1) is 0 Å². The van der Waals surface area contributed by atoms with Crippen LogP contribution in [0.1, 0.15) is 11.7 Å². The minimum absolute atomic E-state index is 0. The third-order valence-corrected chi connectivity index (χ3v) is 3.30. The molecule has 1 aliphatic rings. The van der Waals surface area contributed by atoms with E-state index < -0.39 is 13.8 Å². The van der Waals surface area contributed by atoms with Crippen LogP contribution in [-0.2, 0) is 4.65 Å². The zero-order chi connectivity index (χ0) is 12.4. The Bertz CT molecular complexity index is 426. The van der Waals surface area contributed by atoms with E-state index >= 15 is 0 Å². The summed E-state index contributed by atoms with van der Waals surface area (Å²) < 4.78 is 23.4. The zero-order valence-corrected chi connectivity index (χ0v) is 11.8. The number of fused-ring (bicyclic) bond motifs is 1. The number of hydrogen-bond donors (Lipinski definition) is 2. The molecule has 4 nitrogen and oxygen atoms in total. The molecule has 0 aliphatic carbocycles. The van der Waals surface area contributed by atoms with Crippen molar-refractivity contribution in [2.24, 2.45) is 5.73 Å². The fourth-order valence-corrected chi connectivity index (χ4v) is 2.51. The van der Waals surface area contributed by atoms with Crippen LogP contribution in [0.4, 0.5) is 4.39 Å². The van der Waals surface area contributed by atoms with E-state index in [0.29, 0.717) is 11.2 Å². The fraction of sp³-hybridized carbons (Fsp3) is 0.400. The van der Waals surface area contributed by atoms with Gasteiger partial charge in [0.2, 0.25) is 0 Å². The van der Waals surface area contributed by atoms with Gasteiger partial charge in [0.25, 0.3) is 0 Å². The molecular formula is C10H13BBrClFNO3. The maximum Gasteiger partial charge on any atom is 0.495 e. The zero-order valence-electron chi connectivity index (χ0n) is 9.44. The standard InChI is InChI=1S/C10H12BBrFNO3.ClH/c12-6-1-2-7(16-4-3-13)10-9(6)8(5-14)17-11(10)15;/h1-2,8,15H,3-5,14H2;1H. The first kappa shape index (κ1) is 15.7. The van der Waals surface area contributed by atoms with Gasteiger partial charge in [-0.25, -0.2) is 4.39 Å². The van der Waals surface area contributed by atoms with Gasteiger partial charge in [0.1, 0.15) is 19.0 Å². The van der Waals surface area contributed by atoms with Crippen LogP contribution >= 0.6 is 28.3 Å². The smallest absolute Gasteiger partial charge is 0.491 e. The molecule has 1 aliphatic heterocycles. The van der Waals surface area contributed by atoms with E-state index in [0.717, 1.165) is 10.0 Å². The second kappa shape index (κ2) is 6.72. The first-order valence-electron chi connectivity index (χ1n) is 5.23. The van der Waals surface area contributed by atoms with Crippen LogP contribution in [0.2, 0.25) is 0 Å². The first-order chi connectivity index (χ1) is 8.19. The quantitative estimate of drug-likeness (QED) is 0.801. The number of ether oxygens (including phenoxy) is 1. The van der Waals surface area contributed by atoms with Crippen molar-refractivity contribution in [3.8, 4) is 5.75 Å². The molecule has 18 heavy (non-hydrogen) atoms. The largest absolute Gasteiger partial charge is 0.495 e. The van der Waals surface area contributed by atoms with Crippen molar-refractivity contribution in [3.63, 3.8) is 0 Å². The molecule has 1 atom stereocenters. The van der Waals surface area contributed by atoms with Crippen LogP contribution in [0.3, 0.4) is 0 Å². The molecule has 0 saturated carbocycles. The van der Waals surface area contributed by atoms with Crippen molar-refractivity contribution in [1.82, 2.24) is 0 Å². The average Bonchev–Trinajstić information content (AvgIpc) is 2.67. The van der Waals surface area contributed by atoms with Crippen LogP contribution in [0.15, 0.2) is 16.6 Å². The van der Waals surface area contributed by atoms with Crippen LogP contribution in [0.5, 0.6) is 5.75 Å². The van der Waals surface area contributed by atoms with E-state index in [2.05, 4.69) is 15.9 Å². The van der Waals surface area contributed by atoms with Gasteiger partial charge in [-0.2, -0.15) is 0 Å². The Morgan fingerprint density at radius 1 is 1.56 bits per heavy atom. The lowest BCUT2D eigenvalue weighted by atomic mass is 9.78. The SMILES string of the molecule is Cl.NCC1OB(O)c2c(OCCF)ccc(Br)c21. The summed E-state index contributed by atoms with van der Waals surface area (Å²) in [6.07, 6.45) is -0.372. The van der Waals surface area contributed by atoms with Gasteiger partial charge in [-0.1, -0.05) is 15.9 Å². The molecule has 0 aromatic heterocycles. The van der Waals surface area contributed by atoms with Gasteiger partial charge in [0, 0.05) is 16.5 Å². The van der Waals surface area contributed by atoms with Gasteiger partial charge in [-0.3, -0.25) is 0 Å². The molecule has 1 heterocycles. The third kappa shape index (κ3) is 2.80. The van der Waals surface area contributed by atoms with E-state index in [-0.39, 0.29) is 31.7 Å². The lowest BCUT2D eigenvalue weighted by Crippen LogP contribution is -2.30. The molecule has 3 N–H and O–H groups in total. The Balaban J connectivity index is 0.00000162. The monoisotopic (exact) mass is 339 g/mol. The summed E-state index contributed by atoms with van der Waals surface area (Å²) in [5.41, 5.74) is 6.88. The minimum Gasteiger partial charge on any atom is -0.491 e. The van der Waals surface area contributed by atoms with Gasteiger partial charge in [-0.15, -0.1) is 12.4 Å². The summed E-state index contributed by atoms with van der Waals surface area (Å²) in [6, 6.07) is 3.44. The first-order valence-corrected chi connectivity index (χ1v) is 6.03. The predicted octanol–water partition coefficient (Wildman–Crippen LogP) is 0.937. The van der Waals surface area contributed by atoms with Crippen molar-refractivity contribution < 1.29 is 18.8 Å².